The van der Waals surface area contributed by atoms with Crippen molar-refractivity contribution in [1.29, 1.82) is 0 Å². The largest absolute Gasteiger partial charge is 0.396 e. The van der Waals surface area contributed by atoms with Gasteiger partial charge in [-0.25, -0.2) is 4.98 Å². The highest BCUT2D eigenvalue weighted by atomic mass is 16.3. The molecule has 0 aromatic carbocycles. The van der Waals surface area contributed by atoms with Gasteiger partial charge in [-0.15, -0.1) is 0 Å². The zero-order chi connectivity index (χ0) is 12.8. The maximum Gasteiger partial charge on any atom is 0.0948 e. The van der Waals surface area contributed by atoms with E-state index < -0.39 is 0 Å². The molecular weight excluding hydrogens is 226 g/mol. The van der Waals surface area contributed by atoms with Gasteiger partial charge in [-0.05, 0) is 19.8 Å². The molecule has 0 aliphatic heterocycles. The average Bonchev–Trinajstić information content (AvgIpc) is 2.87. The van der Waals surface area contributed by atoms with Crippen molar-refractivity contribution < 1.29 is 5.11 Å². The van der Waals surface area contributed by atoms with Gasteiger partial charge in [0.25, 0.3) is 0 Å². The van der Waals surface area contributed by atoms with E-state index in [1.807, 2.05) is 12.5 Å². The van der Waals surface area contributed by atoms with E-state index in [4.69, 9.17) is 0 Å². The predicted octanol–water partition coefficient (Wildman–Crippen LogP) is 1.94. The number of hydrogen-bond acceptors (Lipinski definition) is 3. The first kappa shape index (κ1) is 13.6. The molecule has 102 valence electrons. The number of imidazole rings is 1. The van der Waals surface area contributed by atoms with Crippen LogP contribution < -0.4 is 5.32 Å². The van der Waals surface area contributed by atoms with Crippen LogP contribution in [-0.2, 0) is 13.1 Å². The number of aliphatic hydroxyl groups is 1. The predicted molar refractivity (Wildman–Crippen MR) is 72.2 cm³/mol. The van der Waals surface area contributed by atoms with E-state index in [2.05, 4.69) is 21.8 Å². The average molecular weight is 251 g/mol. The summed E-state index contributed by atoms with van der Waals surface area (Å²) >= 11 is 0. The molecule has 2 N–H and O–H groups in total. The quantitative estimate of drug-likeness (QED) is 0.812. The zero-order valence-corrected chi connectivity index (χ0v) is 11.4. The van der Waals surface area contributed by atoms with Crippen molar-refractivity contribution in [2.24, 2.45) is 5.41 Å². The number of nitrogens with zero attached hydrogens (tertiary/aromatic N) is 2. The lowest BCUT2D eigenvalue weighted by Crippen LogP contribution is -2.39. The molecule has 0 saturated heterocycles. The Morgan fingerprint density at radius 3 is 2.83 bits per heavy atom. The SMILES string of the molecule is CCn1cncc1CNCC1(CO)CCCCC1. The third-order valence-corrected chi connectivity index (χ3v) is 4.19. The van der Waals surface area contributed by atoms with Gasteiger partial charge in [0.05, 0.1) is 12.0 Å². The van der Waals surface area contributed by atoms with Crippen molar-refractivity contribution in [3.8, 4) is 0 Å². The number of aryl methyl sites for hydroxylation is 1. The summed E-state index contributed by atoms with van der Waals surface area (Å²) in [6, 6.07) is 0. The molecule has 4 nitrogen and oxygen atoms in total. The van der Waals surface area contributed by atoms with E-state index in [-0.39, 0.29) is 5.41 Å². The topological polar surface area (TPSA) is 50.1 Å². The van der Waals surface area contributed by atoms with Crippen molar-refractivity contribution >= 4 is 0 Å². The minimum Gasteiger partial charge on any atom is -0.396 e. The minimum absolute atomic E-state index is 0.120. The van der Waals surface area contributed by atoms with Crippen LogP contribution in [-0.4, -0.2) is 27.8 Å². The number of aromatic nitrogens is 2. The van der Waals surface area contributed by atoms with E-state index >= 15 is 0 Å². The molecule has 0 spiro atoms. The van der Waals surface area contributed by atoms with Crippen LogP contribution in [0.2, 0.25) is 0 Å². The van der Waals surface area contributed by atoms with Crippen LogP contribution in [0.15, 0.2) is 12.5 Å². The van der Waals surface area contributed by atoms with Gasteiger partial charge in [0, 0.05) is 37.9 Å². The van der Waals surface area contributed by atoms with Crippen LogP contribution in [0, 0.1) is 5.41 Å². The third kappa shape index (κ3) is 3.12. The Balaban J connectivity index is 1.83. The molecule has 0 bridgehead atoms. The van der Waals surface area contributed by atoms with Gasteiger partial charge in [0.15, 0.2) is 0 Å². The Hall–Kier alpha value is -0.870. The molecule has 1 aliphatic rings. The fourth-order valence-corrected chi connectivity index (χ4v) is 2.93. The van der Waals surface area contributed by atoms with Crippen LogP contribution in [0.4, 0.5) is 0 Å². The zero-order valence-electron chi connectivity index (χ0n) is 11.4. The second-order valence-corrected chi connectivity index (χ2v) is 5.49. The van der Waals surface area contributed by atoms with Gasteiger partial charge in [0.2, 0.25) is 0 Å². The van der Waals surface area contributed by atoms with Crippen LogP contribution in [0.25, 0.3) is 0 Å². The van der Waals surface area contributed by atoms with Crippen LogP contribution >= 0.6 is 0 Å². The van der Waals surface area contributed by atoms with Crippen LogP contribution in [0.5, 0.6) is 0 Å². The maximum atomic E-state index is 9.64. The molecule has 1 aliphatic carbocycles. The summed E-state index contributed by atoms with van der Waals surface area (Å²) in [7, 11) is 0. The summed E-state index contributed by atoms with van der Waals surface area (Å²) in [5, 5.41) is 13.1. The Labute approximate surface area is 109 Å². The van der Waals surface area contributed by atoms with E-state index in [0.29, 0.717) is 6.61 Å². The molecule has 18 heavy (non-hydrogen) atoms. The Morgan fingerprint density at radius 1 is 1.39 bits per heavy atom. The summed E-state index contributed by atoms with van der Waals surface area (Å²) < 4.78 is 2.15. The van der Waals surface area contributed by atoms with Crippen molar-refractivity contribution in [3.63, 3.8) is 0 Å². The molecule has 4 heteroatoms. The van der Waals surface area contributed by atoms with Gasteiger partial charge < -0.3 is 15.0 Å². The lowest BCUT2D eigenvalue weighted by molar-refractivity contribution is 0.0809. The first-order valence-corrected chi connectivity index (χ1v) is 7.10. The smallest absolute Gasteiger partial charge is 0.0948 e. The molecule has 0 unspecified atom stereocenters. The molecule has 1 heterocycles. The monoisotopic (exact) mass is 251 g/mol. The fourth-order valence-electron chi connectivity index (χ4n) is 2.93. The normalized spacial score (nSPS) is 19.0. The van der Waals surface area contributed by atoms with Crippen molar-refractivity contribution in [3.05, 3.63) is 18.2 Å². The molecule has 2 rings (SSSR count). The molecule has 1 aromatic rings. The molecule has 1 fully saturated rings. The number of aliphatic hydroxyl groups excluding tert-OH is 1. The summed E-state index contributed by atoms with van der Waals surface area (Å²) in [6.07, 6.45) is 9.95. The summed E-state index contributed by atoms with van der Waals surface area (Å²) in [4.78, 5) is 4.17. The lowest BCUT2D eigenvalue weighted by atomic mass is 9.74. The molecular formula is C14H25N3O. The molecule has 0 atom stereocenters. The maximum absolute atomic E-state index is 9.64. The second-order valence-electron chi connectivity index (χ2n) is 5.49. The van der Waals surface area contributed by atoms with E-state index in [0.717, 1.165) is 32.5 Å². The van der Waals surface area contributed by atoms with Crippen molar-refractivity contribution in [2.45, 2.75) is 52.1 Å². The lowest BCUT2D eigenvalue weighted by Gasteiger charge is -2.35. The Kier molecular flexibility index (Phi) is 4.78. The van der Waals surface area contributed by atoms with Gasteiger partial charge in [-0.3, -0.25) is 0 Å². The highest BCUT2D eigenvalue weighted by Crippen LogP contribution is 2.35. The minimum atomic E-state index is 0.120. The first-order valence-electron chi connectivity index (χ1n) is 7.10. The number of nitrogens with one attached hydrogen (secondary N) is 1. The Bertz CT molecular complexity index is 356. The first-order chi connectivity index (χ1) is 8.79. The van der Waals surface area contributed by atoms with Gasteiger partial charge in [-0.1, -0.05) is 19.3 Å². The molecule has 0 radical (unpaired) electrons. The van der Waals surface area contributed by atoms with Gasteiger partial charge in [0.1, 0.15) is 0 Å². The summed E-state index contributed by atoms with van der Waals surface area (Å²) in [5.41, 5.74) is 1.34. The van der Waals surface area contributed by atoms with Gasteiger partial charge in [-0.2, -0.15) is 0 Å². The second kappa shape index (κ2) is 6.34. The number of rotatable bonds is 6. The standard InChI is InChI=1S/C14H25N3O/c1-2-17-12-16-9-13(17)8-15-10-14(11-18)6-4-3-5-7-14/h9,12,15,18H,2-8,10-11H2,1H3. The van der Waals surface area contributed by atoms with Crippen molar-refractivity contribution in [2.75, 3.05) is 13.2 Å². The molecule has 0 amide bonds. The number of hydrogen-bond donors (Lipinski definition) is 2. The van der Waals surface area contributed by atoms with E-state index in [1.165, 1.54) is 25.0 Å². The highest BCUT2D eigenvalue weighted by Gasteiger charge is 2.30. The summed E-state index contributed by atoms with van der Waals surface area (Å²) in [6.45, 7) is 5.16. The molecule has 1 saturated carbocycles. The highest BCUT2D eigenvalue weighted by molar-refractivity contribution is 4.98. The third-order valence-electron chi connectivity index (χ3n) is 4.19. The van der Waals surface area contributed by atoms with Gasteiger partial charge >= 0.3 is 0 Å². The van der Waals surface area contributed by atoms with Crippen LogP contribution in [0.1, 0.15) is 44.7 Å². The van der Waals surface area contributed by atoms with Crippen LogP contribution in [0.3, 0.4) is 0 Å². The molecule has 1 aromatic heterocycles. The van der Waals surface area contributed by atoms with Crippen molar-refractivity contribution in [1.82, 2.24) is 14.9 Å². The Morgan fingerprint density at radius 2 is 2.17 bits per heavy atom. The van der Waals surface area contributed by atoms with E-state index in [9.17, 15) is 5.11 Å². The fraction of sp³-hybridized carbons (Fsp3) is 0.786. The summed E-state index contributed by atoms with van der Waals surface area (Å²) in [5.74, 6) is 0. The van der Waals surface area contributed by atoms with E-state index in [1.54, 1.807) is 0 Å².